The maximum atomic E-state index is 15.2. The number of hydrogen-bond acceptors (Lipinski definition) is 0. The Morgan fingerprint density at radius 2 is 1.33 bits per heavy atom. The molecule has 4 aromatic carbocycles. The van der Waals surface area contributed by atoms with Gasteiger partial charge in [0.2, 0.25) is 0 Å². The average Bonchev–Trinajstić information content (AvgIpc) is 2.82. The lowest BCUT2D eigenvalue weighted by Crippen LogP contribution is -2.04. The summed E-state index contributed by atoms with van der Waals surface area (Å²) >= 11 is 0. The third-order valence-corrected chi connectivity index (χ3v) is 6.08. The van der Waals surface area contributed by atoms with Crippen LogP contribution in [-0.2, 0) is 12.6 Å². The zero-order valence-corrected chi connectivity index (χ0v) is 18.6. The molecule has 0 aliphatic heterocycles. The molecular formula is C29H26F4. The summed E-state index contributed by atoms with van der Waals surface area (Å²) in [4.78, 5) is 0. The van der Waals surface area contributed by atoms with Crippen LogP contribution in [0.5, 0.6) is 0 Å². The highest BCUT2D eigenvalue weighted by molar-refractivity contribution is 5.91. The Bertz CT molecular complexity index is 1220. The molecule has 0 fully saturated rings. The van der Waals surface area contributed by atoms with Gasteiger partial charge in [-0.25, -0.2) is 4.39 Å². The molecule has 0 radical (unpaired) electrons. The molecule has 4 rings (SSSR count). The van der Waals surface area contributed by atoms with Crippen molar-refractivity contribution in [2.24, 2.45) is 0 Å². The van der Waals surface area contributed by atoms with Gasteiger partial charge in [-0.05, 0) is 58.7 Å². The van der Waals surface area contributed by atoms with Crippen molar-refractivity contribution < 1.29 is 17.6 Å². The molecule has 0 nitrogen and oxygen atoms in total. The minimum atomic E-state index is -4.41. The predicted molar refractivity (Wildman–Crippen MR) is 128 cm³/mol. The van der Waals surface area contributed by atoms with Crippen molar-refractivity contribution in [2.45, 2.75) is 45.2 Å². The van der Waals surface area contributed by atoms with Gasteiger partial charge in [-0.2, -0.15) is 13.2 Å². The van der Waals surface area contributed by atoms with E-state index in [0.29, 0.717) is 10.9 Å². The molecule has 0 heterocycles. The van der Waals surface area contributed by atoms with E-state index in [9.17, 15) is 13.2 Å². The van der Waals surface area contributed by atoms with Gasteiger partial charge < -0.3 is 0 Å². The second-order valence-electron chi connectivity index (χ2n) is 8.45. The topological polar surface area (TPSA) is 0 Å². The van der Waals surface area contributed by atoms with Gasteiger partial charge in [0.1, 0.15) is 5.82 Å². The molecule has 0 N–H and O–H groups in total. The van der Waals surface area contributed by atoms with E-state index < -0.39 is 17.6 Å². The van der Waals surface area contributed by atoms with E-state index in [0.717, 1.165) is 35.1 Å². The van der Waals surface area contributed by atoms with Crippen molar-refractivity contribution in [2.75, 3.05) is 0 Å². The van der Waals surface area contributed by atoms with Gasteiger partial charge in [-0.1, -0.05) is 86.8 Å². The van der Waals surface area contributed by atoms with Crippen LogP contribution >= 0.6 is 0 Å². The third kappa shape index (κ3) is 5.27. The fraction of sp³-hybridized carbons (Fsp3) is 0.241. The van der Waals surface area contributed by atoms with Crippen LogP contribution in [0.25, 0.3) is 33.0 Å². The van der Waals surface area contributed by atoms with Gasteiger partial charge in [0, 0.05) is 10.9 Å². The number of fused-ring (bicyclic) bond motifs is 1. The smallest absolute Gasteiger partial charge is 0.206 e. The first-order valence-electron chi connectivity index (χ1n) is 11.4. The van der Waals surface area contributed by atoms with Crippen LogP contribution in [-0.4, -0.2) is 0 Å². The van der Waals surface area contributed by atoms with E-state index in [2.05, 4.69) is 31.2 Å². The summed E-state index contributed by atoms with van der Waals surface area (Å²) in [6.07, 6.45) is 1.62. The van der Waals surface area contributed by atoms with Crippen LogP contribution in [0.2, 0.25) is 0 Å². The van der Waals surface area contributed by atoms with E-state index in [1.54, 1.807) is 12.1 Å². The van der Waals surface area contributed by atoms with Crippen LogP contribution in [0.1, 0.15) is 43.7 Å². The Balaban J connectivity index is 1.57. The molecule has 170 valence electrons. The van der Waals surface area contributed by atoms with Gasteiger partial charge in [-0.3, -0.25) is 0 Å². The second kappa shape index (κ2) is 9.78. The molecule has 0 aliphatic carbocycles. The van der Waals surface area contributed by atoms with Crippen molar-refractivity contribution >= 4 is 10.8 Å². The van der Waals surface area contributed by atoms with Crippen molar-refractivity contribution in [3.63, 3.8) is 0 Å². The van der Waals surface area contributed by atoms with Crippen LogP contribution in [0.3, 0.4) is 0 Å². The molecule has 4 heteroatoms. The zero-order valence-electron chi connectivity index (χ0n) is 18.6. The minimum absolute atomic E-state index is 0.288. The molecule has 0 amide bonds. The monoisotopic (exact) mass is 450 g/mol. The SMILES string of the molecule is CCCCCCc1ccc(-c2ccc3c(F)c(-c4ccc(C(F)(F)F)cc4)ccc3c2)cc1. The number of rotatable bonds is 7. The van der Waals surface area contributed by atoms with Gasteiger partial charge in [0.25, 0.3) is 0 Å². The zero-order chi connectivity index (χ0) is 23.4. The molecule has 0 aliphatic rings. The molecule has 0 spiro atoms. The maximum absolute atomic E-state index is 15.2. The fourth-order valence-corrected chi connectivity index (χ4v) is 4.15. The number of alkyl halides is 3. The average molecular weight is 451 g/mol. The Hall–Kier alpha value is -3.14. The summed E-state index contributed by atoms with van der Waals surface area (Å²) < 4.78 is 53.7. The predicted octanol–water partition coefficient (Wildman–Crippen LogP) is 9.45. The second-order valence-corrected chi connectivity index (χ2v) is 8.45. The lowest BCUT2D eigenvalue weighted by Gasteiger charge is -2.11. The molecule has 0 saturated heterocycles. The number of aryl methyl sites for hydroxylation is 1. The normalized spacial score (nSPS) is 11.8. The summed E-state index contributed by atoms with van der Waals surface area (Å²) in [5.74, 6) is -0.429. The molecule has 0 aromatic heterocycles. The van der Waals surface area contributed by atoms with E-state index in [1.165, 1.54) is 43.4 Å². The van der Waals surface area contributed by atoms with E-state index in [1.807, 2.05) is 18.2 Å². The molecule has 33 heavy (non-hydrogen) atoms. The first-order chi connectivity index (χ1) is 15.9. The van der Waals surface area contributed by atoms with E-state index in [4.69, 9.17) is 0 Å². The quantitative estimate of drug-likeness (QED) is 0.194. The third-order valence-electron chi connectivity index (χ3n) is 6.08. The van der Waals surface area contributed by atoms with Crippen LogP contribution in [0, 0.1) is 5.82 Å². The number of halogens is 4. The minimum Gasteiger partial charge on any atom is -0.206 e. The summed E-state index contributed by atoms with van der Waals surface area (Å²) in [6.45, 7) is 2.21. The van der Waals surface area contributed by atoms with Crippen molar-refractivity contribution in [3.8, 4) is 22.3 Å². The summed E-state index contributed by atoms with van der Waals surface area (Å²) in [6, 6.07) is 22.1. The largest absolute Gasteiger partial charge is 0.416 e. The highest BCUT2D eigenvalue weighted by Gasteiger charge is 2.30. The molecule has 0 atom stereocenters. The number of unbranched alkanes of at least 4 members (excludes halogenated alkanes) is 3. The summed E-state index contributed by atoms with van der Waals surface area (Å²) in [5.41, 5.74) is 3.35. The van der Waals surface area contributed by atoms with E-state index in [-0.39, 0.29) is 5.56 Å². The number of hydrogen-bond donors (Lipinski definition) is 0. The molecular weight excluding hydrogens is 424 g/mol. The van der Waals surface area contributed by atoms with Gasteiger partial charge in [0.05, 0.1) is 5.56 Å². The maximum Gasteiger partial charge on any atom is 0.416 e. The molecule has 0 saturated carbocycles. The van der Waals surface area contributed by atoms with Gasteiger partial charge in [0.15, 0.2) is 0 Å². The molecule has 0 bridgehead atoms. The first-order valence-corrected chi connectivity index (χ1v) is 11.4. The summed E-state index contributed by atoms with van der Waals surface area (Å²) in [5, 5.41) is 1.20. The van der Waals surface area contributed by atoms with Crippen molar-refractivity contribution in [3.05, 3.63) is 95.8 Å². The number of benzene rings is 4. The van der Waals surface area contributed by atoms with Gasteiger partial charge >= 0.3 is 6.18 Å². The highest BCUT2D eigenvalue weighted by atomic mass is 19.4. The lowest BCUT2D eigenvalue weighted by molar-refractivity contribution is -0.137. The standard InChI is InChI=1S/C29H26F4/c1-2-3-4-5-6-20-7-9-21(10-8-20)23-13-17-27-24(19-23)14-18-26(28(27)30)22-11-15-25(16-12-22)29(31,32)33/h7-19H,2-6H2,1H3. The van der Waals surface area contributed by atoms with E-state index >= 15 is 4.39 Å². The van der Waals surface area contributed by atoms with Crippen molar-refractivity contribution in [1.82, 2.24) is 0 Å². The Morgan fingerprint density at radius 3 is 2.00 bits per heavy atom. The molecule has 4 aromatic rings. The highest BCUT2D eigenvalue weighted by Crippen LogP contribution is 2.34. The molecule has 0 unspecified atom stereocenters. The lowest BCUT2D eigenvalue weighted by atomic mass is 9.96. The van der Waals surface area contributed by atoms with Crippen LogP contribution in [0.15, 0.2) is 78.9 Å². The van der Waals surface area contributed by atoms with Gasteiger partial charge in [-0.15, -0.1) is 0 Å². The Labute approximate surface area is 191 Å². The van der Waals surface area contributed by atoms with Crippen LogP contribution < -0.4 is 0 Å². The van der Waals surface area contributed by atoms with Crippen molar-refractivity contribution in [1.29, 1.82) is 0 Å². The Kier molecular flexibility index (Phi) is 6.83. The fourth-order valence-electron chi connectivity index (χ4n) is 4.15. The summed E-state index contributed by atoms with van der Waals surface area (Å²) in [7, 11) is 0. The Morgan fingerprint density at radius 1 is 0.667 bits per heavy atom. The first kappa shape index (κ1) is 23.0. The van der Waals surface area contributed by atoms with Crippen LogP contribution in [0.4, 0.5) is 17.6 Å².